The van der Waals surface area contributed by atoms with Crippen molar-refractivity contribution in [3.63, 3.8) is 0 Å². The van der Waals surface area contributed by atoms with Gasteiger partial charge >= 0.3 is 0 Å². The number of hydrogen-bond acceptors (Lipinski definition) is 3. The molecular formula is C15H20N2O3. The monoisotopic (exact) mass is 276 g/mol. The fourth-order valence-electron chi connectivity index (χ4n) is 3.11. The van der Waals surface area contributed by atoms with E-state index in [0.29, 0.717) is 18.8 Å². The molecule has 2 amide bonds. The van der Waals surface area contributed by atoms with Gasteiger partial charge in [-0.15, -0.1) is 0 Å². The first-order valence-electron chi connectivity index (χ1n) is 7.37. The summed E-state index contributed by atoms with van der Waals surface area (Å²) in [5.74, 6) is 0.438. The zero-order valence-electron chi connectivity index (χ0n) is 11.6. The van der Waals surface area contributed by atoms with Crippen LogP contribution in [0.15, 0.2) is 22.8 Å². The molecule has 0 radical (unpaired) electrons. The Labute approximate surface area is 118 Å². The van der Waals surface area contributed by atoms with E-state index in [9.17, 15) is 9.59 Å². The van der Waals surface area contributed by atoms with E-state index in [2.05, 4.69) is 0 Å². The maximum absolute atomic E-state index is 12.4. The van der Waals surface area contributed by atoms with E-state index in [1.165, 1.54) is 6.26 Å². The lowest BCUT2D eigenvalue weighted by molar-refractivity contribution is -0.135. The lowest BCUT2D eigenvalue weighted by Crippen LogP contribution is -2.46. The summed E-state index contributed by atoms with van der Waals surface area (Å²) in [5, 5.41) is 0. The molecular weight excluding hydrogens is 256 g/mol. The molecule has 0 aromatic carbocycles. The van der Waals surface area contributed by atoms with Crippen molar-refractivity contribution in [2.75, 3.05) is 26.2 Å². The zero-order chi connectivity index (χ0) is 13.9. The number of likely N-dealkylation sites (tertiary alicyclic amines) is 2. The van der Waals surface area contributed by atoms with Gasteiger partial charge in [-0.2, -0.15) is 0 Å². The van der Waals surface area contributed by atoms with Crippen LogP contribution in [-0.2, 0) is 4.79 Å². The zero-order valence-corrected chi connectivity index (χ0v) is 11.6. The van der Waals surface area contributed by atoms with Crippen LogP contribution >= 0.6 is 0 Å². The van der Waals surface area contributed by atoms with Gasteiger partial charge in [-0.1, -0.05) is 0 Å². The molecule has 20 heavy (non-hydrogen) atoms. The van der Waals surface area contributed by atoms with E-state index in [1.807, 2.05) is 4.90 Å². The normalized spacial score (nSPS) is 23.1. The molecule has 1 unspecified atom stereocenters. The minimum Gasteiger partial charge on any atom is -0.459 e. The van der Waals surface area contributed by atoms with Gasteiger partial charge in [-0.25, -0.2) is 0 Å². The predicted molar refractivity (Wildman–Crippen MR) is 73.1 cm³/mol. The van der Waals surface area contributed by atoms with Crippen molar-refractivity contribution in [1.82, 2.24) is 9.80 Å². The molecule has 0 N–H and O–H groups in total. The van der Waals surface area contributed by atoms with Crippen molar-refractivity contribution in [3.05, 3.63) is 24.2 Å². The van der Waals surface area contributed by atoms with Gasteiger partial charge in [0.15, 0.2) is 5.76 Å². The van der Waals surface area contributed by atoms with Crippen molar-refractivity contribution in [1.29, 1.82) is 0 Å². The SMILES string of the molecule is O=C(c1ccco1)N1CCCC(C(=O)N2CCCC2)C1. The Morgan fingerprint density at radius 1 is 1.10 bits per heavy atom. The van der Waals surface area contributed by atoms with Crippen LogP contribution in [0.3, 0.4) is 0 Å². The molecule has 1 aromatic heterocycles. The van der Waals surface area contributed by atoms with Crippen LogP contribution in [-0.4, -0.2) is 47.8 Å². The Balaban J connectivity index is 1.64. The highest BCUT2D eigenvalue weighted by molar-refractivity contribution is 5.92. The van der Waals surface area contributed by atoms with Gasteiger partial charge in [0.2, 0.25) is 5.91 Å². The Hall–Kier alpha value is -1.78. The number of amides is 2. The maximum Gasteiger partial charge on any atom is 0.289 e. The molecule has 0 aliphatic carbocycles. The third-order valence-electron chi connectivity index (χ3n) is 4.21. The molecule has 3 rings (SSSR count). The largest absolute Gasteiger partial charge is 0.459 e. The predicted octanol–water partition coefficient (Wildman–Crippen LogP) is 1.75. The molecule has 108 valence electrons. The quantitative estimate of drug-likeness (QED) is 0.827. The molecule has 2 saturated heterocycles. The highest BCUT2D eigenvalue weighted by Crippen LogP contribution is 2.22. The second kappa shape index (κ2) is 5.69. The fraction of sp³-hybridized carbons (Fsp3) is 0.600. The lowest BCUT2D eigenvalue weighted by Gasteiger charge is -2.33. The Morgan fingerprint density at radius 3 is 2.55 bits per heavy atom. The van der Waals surface area contributed by atoms with Crippen LogP contribution in [0.5, 0.6) is 0 Å². The number of hydrogen-bond donors (Lipinski definition) is 0. The molecule has 5 nitrogen and oxygen atoms in total. The summed E-state index contributed by atoms with van der Waals surface area (Å²) >= 11 is 0. The first kappa shape index (κ1) is 13.2. The third-order valence-corrected chi connectivity index (χ3v) is 4.21. The summed E-state index contributed by atoms with van der Waals surface area (Å²) in [6.45, 7) is 2.99. The second-order valence-electron chi connectivity index (χ2n) is 5.60. The average Bonchev–Trinajstić information content (AvgIpc) is 3.18. The van der Waals surface area contributed by atoms with Crippen molar-refractivity contribution >= 4 is 11.8 Å². The Morgan fingerprint density at radius 2 is 1.85 bits per heavy atom. The molecule has 1 atom stereocenters. The van der Waals surface area contributed by atoms with E-state index in [4.69, 9.17) is 4.42 Å². The van der Waals surface area contributed by atoms with Crippen LogP contribution in [0, 0.1) is 5.92 Å². The topological polar surface area (TPSA) is 53.8 Å². The maximum atomic E-state index is 12.4. The van der Waals surface area contributed by atoms with Gasteiger partial charge in [-0.3, -0.25) is 9.59 Å². The Bertz CT molecular complexity index is 477. The number of furan rings is 1. The molecule has 3 heterocycles. The molecule has 2 aliphatic rings. The molecule has 0 spiro atoms. The number of nitrogens with zero attached hydrogens (tertiary/aromatic N) is 2. The van der Waals surface area contributed by atoms with Gasteiger partial charge in [-0.05, 0) is 37.8 Å². The van der Waals surface area contributed by atoms with E-state index < -0.39 is 0 Å². The summed E-state index contributed by atoms with van der Waals surface area (Å²) in [7, 11) is 0. The van der Waals surface area contributed by atoms with Gasteiger partial charge in [0.1, 0.15) is 0 Å². The molecule has 1 aromatic rings. The number of rotatable bonds is 2. The molecule has 2 fully saturated rings. The fourth-order valence-corrected chi connectivity index (χ4v) is 3.11. The first-order chi connectivity index (χ1) is 9.75. The second-order valence-corrected chi connectivity index (χ2v) is 5.60. The van der Waals surface area contributed by atoms with E-state index >= 15 is 0 Å². The summed E-state index contributed by atoms with van der Waals surface area (Å²) in [5.41, 5.74) is 0. The van der Waals surface area contributed by atoms with Crippen molar-refractivity contribution in [2.24, 2.45) is 5.92 Å². The number of carbonyl (C=O) groups excluding carboxylic acids is 2. The number of carbonyl (C=O) groups is 2. The van der Waals surface area contributed by atoms with Crippen LogP contribution in [0.4, 0.5) is 0 Å². The highest BCUT2D eigenvalue weighted by atomic mass is 16.3. The standard InChI is InChI=1S/C15H20N2O3/c18-14(16-7-1-2-8-16)12-5-3-9-17(11-12)15(19)13-6-4-10-20-13/h4,6,10,12H,1-3,5,7-9,11H2. The minimum absolute atomic E-state index is 0.0410. The summed E-state index contributed by atoms with van der Waals surface area (Å²) in [6.07, 6.45) is 5.49. The molecule has 2 aliphatic heterocycles. The summed E-state index contributed by atoms with van der Waals surface area (Å²) in [4.78, 5) is 28.4. The van der Waals surface area contributed by atoms with Gasteiger partial charge < -0.3 is 14.2 Å². The van der Waals surface area contributed by atoms with E-state index in [0.717, 1.165) is 38.8 Å². The molecule has 0 bridgehead atoms. The van der Waals surface area contributed by atoms with Gasteiger partial charge in [0.25, 0.3) is 5.91 Å². The number of piperidine rings is 1. The van der Waals surface area contributed by atoms with Crippen LogP contribution in [0.1, 0.15) is 36.2 Å². The highest BCUT2D eigenvalue weighted by Gasteiger charge is 2.32. The van der Waals surface area contributed by atoms with Gasteiger partial charge in [0, 0.05) is 26.2 Å². The Kier molecular flexibility index (Phi) is 3.76. The molecule has 0 saturated carbocycles. The summed E-state index contributed by atoms with van der Waals surface area (Å²) in [6, 6.07) is 3.39. The lowest BCUT2D eigenvalue weighted by atomic mass is 9.96. The average molecular weight is 276 g/mol. The minimum atomic E-state index is -0.103. The van der Waals surface area contributed by atoms with E-state index in [1.54, 1.807) is 17.0 Å². The van der Waals surface area contributed by atoms with Crippen LogP contribution in [0.25, 0.3) is 0 Å². The van der Waals surface area contributed by atoms with Crippen molar-refractivity contribution in [2.45, 2.75) is 25.7 Å². The van der Waals surface area contributed by atoms with E-state index in [-0.39, 0.29) is 17.7 Å². The molecule has 5 heteroatoms. The van der Waals surface area contributed by atoms with Crippen molar-refractivity contribution < 1.29 is 14.0 Å². The van der Waals surface area contributed by atoms with Crippen LogP contribution in [0.2, 0.25) is 0 Å². The van der Waals surface area contributed by atoms with Crippen molar-refractivity contribution in [3.8, 4) is 0 Å². The smallest absolute Gasteiger partial charge is 0.289 e. The third kappa shape index (κ3) is 2.57. The van der Waals surface area contributed by atoms with Gasteiger partial charge in [0.05, 0.1) is 12.2 Å². The van der Waals surface area contributed by atoms with Crippen LogP contribution < -0.4 is 0 Å². The summed E-state index contributed by atoms with van der Waals surface area (Å²) < 4.78 is 5.16. The first-order valence-corrected chi connectivity index (χ1v) is 7.37.